The summed E-state index contributed by atoms with van der Waals surface area (Å²) in [7, 11) is 0. The molecule has 1 amide bonds. The van der Waals surface area contributed by atoms with E-state index in [9.17, 15) is 4.79 Å². The van der Waals surface area contributed by atoms with Crippen LogP contribution < -0.4 is 15.4 Å². The van der Waals surface area contributed by atoms with Gasteiger partial charge in [0.05, 0.1) is 0 Å². The van der Waals surface area contributed by atoms with E-state index >= 15 is 0 Å². The molecular weight excluding hydrogens is 288 g/mol. The van der Waals surface area contributed by atoms with Gasteiger partial charge in [-0.3, -0.25) is 4.79 Å². The van der Waals surface area contributed by atoms with Gasteiger partial charge in [0.25, 0.3) is 5.91 Å². The van der Waals surface area contributed by atoms with Crippen molar-refractivity contribution in [3.63, 3.8) is 0 Å². The molecule has 0 saturated carbocycles. The highest BCUT2D eigenvalue weighted by atomic mass is 16.5. The van der Waals surface area contributed by atoms with Crippen molar-refractivity contribution in [3.05, 3.63) is 65.7 Å². The van der Waals surface area contributed by atoms with Gasteiger partial charge in [0.15, 0.2) is 0 Å². The third kappa shape index (κ3) is 4.57. The summed E-state index contributed by atoms with van der Waals surface area (Å²) in [5, 5.41) is 6.31. The Morgan fingerprint density at radius 3 is 2.83 bits per heavy atom. The van der Waals surface area contributed by atoms with E-state index in [1.54, 1.807) is 6.07 Å². The van der Waals surface area contributed by atoms with Crippen molar-refractivity contribution in [2.75, 3.05) is 19.6 Å². The fraction of sp³-hybridized carbons (Fsp3) is 0.316. The number of carbonyl (C=O) groups excluding carboxylic acids is 1. The summed E-state index contributed by atoms with van der Waals surface area (Å²) in [6.45, 7) is 3.25. The predicted octanol–water partition coefficient (Wildman–Crippen LogP) is 2.60. The molecule has 0 spiro atoms. The van der Waals surface area contributed by atoms with Gasteiger partial charge in [-0.2, -0.15) is 0 Å². The van der Waals surface area contributed by atoms with Crippen molar-refractivity contribution in [2.24, 2.45) is 5.92 Å². The van der Waals surface area contributed by atoms with Gasteiger partial charge in [-0.25, -0.2) is 0 Å². The van der Waals surface area contributed by atoms with Crippen molar-refractivity contribution in [1.82, 2.24) is 10.6 Å². The molecule has 4 nitrogen and oxygen atoms in total. The first-order chi connectivity index (χ1) is 11.3. The van der Waals surface area contributed by atoms with E-state index in [2.05, 4.69) is 10.6 Å². The smallest absolute Gasteiger partial charge is 0.251 e. The van der Waals surface area contributed by atoms with Crippen molar-refractivity contribution in [3.8, 4) is 5.75 Å². The van der Waals surface area contributed by atoms with Crippen LogP contribution in [0.2, 0.25) is 0 Å². The molecule has 120 valence electrons. The average Bonchev–Trinajstić information content (AvgIpc) is 3.12. The van der Waals surface area contributed by atoms with Gasteiger partial charge in [-0.05, 0) is 49.2 Å². The van der Waals surface area contributed by atoms with Gasteiger partial charge < -0.3 is 15.4 Å². The van der Waals surface area contributed by atoms with Crippen LogP contribution >= 0.6 is 0 Å². The van der Waals surface area contributed by atoms with Crippen molar-refractivity contribution in [2.45, 2.75) is 13.0 Å². The van der Waals surface area contributed by atoms with E-state index in [-0.39, 0.29) is 5.91 Å². The van der Waals surface area contributed by atoms with Crippen LogP contribution in [0.1, 0.15) is 22.3 Å². The highest BCUT2D eigenvalue weighted by molar-refractivity contribution is 5.94. The summed E-state index contributed by atoms with van der Waals surface area (Å²) in [5.74, 6) is 1.21. The Labute approximate surface area is 136 Å². The fourth-order valence-electron chi connectivity index (χ4n) is 2.70. The lowest BCUT2D eigenvalue weighted by Gasteiger charge is -2.11. The first kappa shape index (κ1) is 15.6. The molecule has 4 heteroatoms. The Kier molecular flexibility index (Phi) is 5.27. The minimum Gasteiger partial charge on any atom is -0.489 e. The van der Waals surface area contributed by atoms with Crippen molar-refractivity contribution >= 4 is 5.91 Å². The van der Waals surface area contributed by atoms with Crippen molar-refractivity contribution < 1.29 is 9.53 Å². The molecule has 1 heterocycles. The second kappa shape index (κ2) is 7.79. The quantitative estimate of drug-likeness (QED) is 0.862. The summed E-state index contributed by atoms with van der Waals surface area (Å²) in [6.07, 6.45) is 1.13. The average molecular weight is 310 g/mol. The largest absolute Gasteiger partial charge is 0.489 e. The number of amides is 1. The van der Waals surface area contributed by atoms with Gasteiger partial charge in [0.2, 0.25) is 0 Å². The molecule has 1 atom stereocenters. The highest BCUT2D eigenvalue weighted by Crippen LogP contribution is 2.15. The van der Waals surface area contributed by atoms with Crippen molar-refractivity contribution in [1.29, 1.82) is 0 Å². The van der Waals surface area contributed by atoms with Gasteiger partial charge in [0, 0.05) is 12.1 Å². The molecule has 1 fully saturated rings. The van der Waals surface area contributed by atoms with E-state index < -0.39 is 0 Å². The zero-order valence-corrected chi connectivity index (χ0v) is 13.1. The van der Waals surface area contributed by atoms with Gasteiger partial charge >= 0.3 is 0 Å². The van der Waals surface area contributed by atoms with Gasteiger partial charge in [0.1, 0.15) is 12.4 Å². The van der Waals surface area contributed by atoms with Crippen LogP contribution in [0.15, 0.2) is 54.6 Å². The summed E-state index contributed by atoms with van der Waals surface area (Å²) < 4.78 is 5.77. The second-order valence-electron chi connectivity index (χ2n) is 5.87. The third-order valence-electron chi connectivity index (χ3n) is 4.06. The molecule has 1 unspecified atom stereocenters. The molecule has 1 aliphatic heterocycles. The Bertz CT molecular complexity index is 637. The zero-order valence-electron chi connectivity index (χ0n) is 13.1. The van der Waals surface area contributed by atoms with E-state index in [0.717, 1.165) is 31.6 Å². The lowest BCUT2D eigenvalue weighted by atomic mass is 10.1. The predicted molar refractivity (Wildman–Crippen MR) is 90.5 cm³/mol. The Balaban J connectivity index is 1.54. The molecule has 2 aromatic carbocycles. The van der Waals surface area contributed by atoms with E-state index in [4.69, 9.17) is 4.74 Å². The molecule has 2 N–H and O–H groups in total. The van der Waals surface area contributed by atoms with E-state index in [1.807, 2.05) is 48.5 Å². The second-order valence-corrected chi connectivity index (χ2v) is 5.87. The number of benzene rings is 2. The molecule has 0 aliphatic carbocycles. The molecule has 2 aromatic rings. The minimum atomic E-state index is -0.0398. The number of hydrogen-bond donors (Lipinski definition) is 2. The van der Waals surface area contributed by atoms with Gasteiger partial charge in [-0.15, -0.1) is 0 Å². The standard InChI is InChI=1S/C19H22N2O2/c22-19(21-13-16-9-10-20-12-16)17-7-4-8-18(11-17)23-14-15-5-2-1-3-6-15/h1-8,11,16,20H,9-10,12-14H2,(H,21,22). The van der Waals surface area contributed by atoms with Gasteiger partial charge in [-0.1, -0.05) is 36.4 Å². The normalized spacial score (nSPS) is 17.0. The molecule has 1 saturated heterocycles. The SMILES string of the molecule is O=C(NCC1CCNC1)c1cccc(OCc2ccccc2)c1. The molecule has 0 bridgehead atoms. The summed E-state index contributed by atoms with van der Waals surface area (Å²) in [4.78, 5) is 12.2. The first-order valence-corrected chi connectivity index (χ1v) is 8.07. The van der Waals surface area contributed by atoms with Crippen LogP contribution in [0.4, 0.5) is 0 Å². The minimum absolute atomic E-state index is 0.0398. The maximum atomic E-state index is 12.2. The number of ether oxygens (including phenoxy) is 1. The Hall–Kier alpha value is -2.33. The Morgan fingerprint density at radius 2 is 2.04 bits per heavy atom. The topological polar surface area (TPSA) is 50.4 Å². The monoisotopic (exact) mass is 310 g/mol. The van der Waals surface area contributed by atoms with Crippen LogP contribution in [-0.4, -0.2) is 25.5 Å². The molecule has 1 aliphatic rings. The van der Waals surface area contributed by atoms with Crippen LogP contribution in [0.5, 0.6) is 5.75 Å². The molecular formula is C19H22N2O2. The number of nitrogens with one attached hydrogen (secondary N) is 2. The number of carbonyl (C=O) groups is 1. The summed E-state index contributed by atoms with van der Waals surface area (Å²) in [6, 6.07) is 17.3. The van der Waals surface area contributed by atoms with E-state index in [1.165, 1.54) is 0 Å². The highest BCUT2D eigenvalue weighted by Gasteiger charge is 2.15. The zero-order chi connectivity index (χ0) is 15.9. The maximum absolute atomic E-state index is 12.2. The maximum Gasteiger partial charge on any atom is 0.251 e. The third-order valence-corrected chi connectivity index (χ3v) is 4.06. The molecule has 0 aromatic heterocycles. The number of rotatable bonds is 6. The fourth-order valence-corrected chi connectivity index (χ4v) is 2.70. The Morgan fingerprint density at radius 1 is 1.17 bits per heavy atom. The lowest BCUT2D eigenvalue weighted by Crippen LogP contribution is -2.30. The first-order valence-electron chi connectivity index (χ1n) is 8.07. The summed E-state index contributed by atoms with van der Waals surface area (Å²) >= 11 is 0. The number of hydrogen-bond acceptors (Lipinski definition) is 3. The van der Waals surface area contributed by atoms with Crippen LogP contribution in [0.3, 0.4) is 0 Å². The van der Waals surface area contributed by atoms with E-state index in [0.29, 0.717) is 23.8 Å². The van der Waals surface area contributed by atoms with Crippen LogP contribution in [0.25, 0.3) is 0 Å². The van der Waals surface area contributed by atoms with Crippen LogP contribution in [0, 0.1) is 5.92 Å². The molecule has 0 radical (unpaired) electrons. The van der Waals surface area contributed by atoms with Crippen LogP contribution in [-0.2, 0) is 6.61 Å². The lowest BCUT2D eigenvalue weighted by molar-refractivity contribution is 0.0947. The summed E-state index contributed by atoms with van der Waals surface area (Å²) in [5.41, 5.74) is 1.75. The molecule has 23 heavy (non-hydrogen) atoms. The molecule has 3 rings (SSSR count).